The average Bonchev–Trinajstić information content (AvgIpc) is 2.01. The zero-order valence-corrected chi connectivity index (χ0v) is 11.2. The first-order chi connectivity index (χ1) is 6.21. The highest BCUT2D eigenvalue weighted by Gasteiger charge is 2.28. The fourth-order valence-corrected chi connectivity index (χ4v) is 2.88. The maximum absolute atomic E-state index is 11.0. The van der Waals surface area contributed by atoms with Crippen molar-refractivity contribution in [2.75, 3.05) is 0 Å². The van der Waals surface area contributed by atoms with Gasteiger partial charge in [-0.05, 0) is 12.2 Å². The molecule has 1 unspecified atom stereocenters. The smallest absolute Gasteiger partial charge is 0.269 e. The summed E-state index contributed by atoms with van der Waals surface area (Å²) in [6.45, 7) is 0. The Bertz CT molecular complexity index is 486. The number of hydrogen-bond acceptors (Lipinski definition) is 5. The van der Waals surface area contributed by atoms with Crippen molar-refractivity contribution in [1.29, 1.82) is 0 Å². The molecule has 1 heterocycles. The van der Waals surface area contributed by atoms with E-state index in [0.717, 1.165) is 6.08 Å². The van der Waals surface area contributed by atoms with Crippen molar-refractivity contribution in [3.8, 4) is 0 Å². The molecule has 0 aromatic rings. The third-order valence-electron chi connectivity index (χ3n) is 1.25. The van der Waals surface area contributed by atoms with Crippen LogP contribution in [0.25, 0.3) is 0 Å². The molecule has 0 N–H and O–H groups in total. The van der Waals surface area contributed by atoms with Crippen molar-refractivity contribution in [3.63, 3.8) is 0 Å². The van der Waals surface area contributed by atoms with Gasteiger partial charge in [0.05, 0.1) is 29.6 Å². The fourth-order valence-electron chi connectivity index (χ4n) is 0.708. The van der Waals surface area contributed by atoms with Gasteiger partial charge in [0.2, 0.25) is 10.5 Å². The van der Waals surface area contributed by atoms with E-state index in [1.165, 1.54) is 12.2 Å². The number of hydrogen-bond donors (Lipinski definition) is 0. The summed E-state index contributed by atoms with van der Waals surface area (Å²) in [5, 5.41) is -0.437. The third-order valence-corrected chi connectivity index (χ3v) is 4.83. The monoisotopic (exact) mass is 366 g/mol. The van der Waals surface area contributed by atoms with Gasteiger partial charge in [-0.25, -0.2) is 16.8 Å². The Hall–Kier alpha value is 0.140. The van der Waals surface area contributed by atoms with Crippen molar-refractivity contribution in [2.45, 2.75) is 5.44 Å². The molecule has 0 radical (unpaired) electrons. The minimum atomic E-state index is -3.70. The number of rotatable bonds is 2. The molecule has 5 nitrogen and oxygen atoms in total. The van der Waals surface area contributed by atoms with Crippen LogP contribution in [0.4, 0.5) is 0 Å². The van der Waals surface area contributed by atoms with Gasteiger partial charge in [-0.2, -0.15) is 0 Å². The molecular formula is C5H4Br2O5S2. The molecule has 80 valence electrons. The van der Waals surface area contributed by atoms with Gasteiger partial charge in [-0.3, -0.25) is 0 Å². The van der Waals surface area contributed by atoms with Crippen molar-refractivity contribution < 1.29 is 21.6 Å². The summed E-state index contributed by atoms with van der Waals surface area (Å²) in [4.78, 5) is 0. The van der Waals surface area contributed by atoms with Gasteiger partial charge in [0.25, 0.3) is 16.5 Å². The lowest BCUT2D eigenvalue weighted by atomic mass is 10.4. The predicted octanol–water partition coefficient (Wildman–Crippen LogP) is 1.19. The third kappa shape index (κ3) is 3.07. The molecule has 14 heavy (non-hydrogen) atoms. The second-order valence-corrected chi connectivity index (χ2v) is 10.2. The molecule has 1 aliphatic rings. The van der Waals surface area contributed by atoms with Crippen molar-refractivity contribution in [1.82, 2.24) is 0 Å². The van der Waals surface area contributed by atoms with E-state index in [0.29, 0.717) is 0 Å². The normalized spacial score (nSPS) is 22.7. The van der Waals surface area contributed by atoms with Crippen LogP contribution in [0.2, 0.25) is 0 Å². The molecular weight excluding hydrogens is 364 g/mol. The average molecular weight is 368 g/mol. The van der Waals surface area contributed by atoms with E-state index in [-0.39, 0.29) is 0 Å². The van der Waals surface area contributed by atoms with Gasteiger partial charge in [0.15, 0.2) is 0 Å². The Morgan fingerprint density at radius 3 is 2.21 bits per heavy atom. The molecule has 0 bridgehead atoms. The summed E-state index contributed by atoms with van der Waals surface area (Å²) in [5.41, 5.74) is -1.32. The molecule has 0 aromatic heterocycles. The zero-order valence-electron chi connectivity index (χ0n) is 6.42. The summed E-state index contributed by atoms with van der Waals surface area (Å²) < 4.78 is 48.5. The van der Waals surface area contributed by atoms with E-state index in [4.69, 9.17) is 4.74 Å². The maximum atomic E-state index is 11.0. The van der Waals surface area contributed by atoms with Crippen LogP contribution in [0.5, 0.6) is 0 Å². The topological polar surface area (TPSA) is 77.5 Å². The van der Waals surface area contributed by atoms with Crippen LogP contribution in [0.1, 0.15) is 0 Å². The highest BCUT2D eigenvalue weighted by molar-refractivity contribution is 9.48. The summed E-state index contributed by atoms with van der Waals surface area (Å²) in [6, 6.07) is 0. The van der Waals surface area contributed by atoms with Crippen LogP contribution in [-0.4, -0.2) is 22.3 Å². The summed E-state index contributed by atoms with van der Waals surface area (Å²) in [6.07, 6.45) is 3.66. The lowest BCUT2D eigenvalue weighted by molar-refractivity contribution is 0.233. The van der Waals surface area contributed by atoms with Gasteiger partial charge < -0.3 is 4.74 Å². The molecule has 0 aromatic carbocycles. The lowest BCUT2D eigenvalue weighted by Gasteiger charge is -2.16. The lowest BCUT2D eigenvalue weighted by Crippen LogP contribution is -2.20. The summed E-state index contributed by atoms with van der Waals surface area (Å²) >= 11 is 4.76. The van der Waals surface area contributed by atoms with E-state index in [1.807, 2.05) is 0 Å². The number of halogens is 2. The van der Waals surface area contributed by atoms with E-state index in [1.54, 1.807) is 0 Å². The second-order valence-electron chi connectivity index (χ2n) is 2.27. The quantitative estimate of drug-likeness (QED) is 0.685. The van der Waals surface area contributed by atoms with Crippen LogP contribution in [0.15, 0.2) is 23.3 Å². The zero-order chi connectivity index (χ0) is 11.0. The van der Waals surface area contributed by atoms with Crippen molar-refractivity contribution in [2.24, 2.45) is 0 Å². The second kappa shape index (κ2) is 3.95. The Kier molecular flexibility index (Phi) is 3.45. The highest BCUT2D eigenvalue weighted by atomic mass is 79.9. The fraction of sp³-hybridized carbons (Fsp3) is 0.200. The van der Waals surface area contributed by atoms with E-state index >= 15 is 0 Å². The standard InChI is InChI=1S/C5H4Br2O5S2/c6-13(8,9)4-2-1-3-5(12-4)14(7,10)11/h1-4H. The van der Waals surface area contributed by atoms with E-state index < -0.39 is 27.1 Å². The van der Waals surface area contributed by atoms with Crippen molar-refractivity contribution in [3.05, 3.63) is 23.3 Å². The predicted molar refractivity (Wildman–Crippen MR) is 57.8 cm³/mol. The van der Waals surface area contributed by atoms with E-state index in [9.17, 15) is 16.8 Å². The molecule has 0 aliphatic carbocycles. The first kappa shape index (κ1) is 12.2. The SMILES string of the molecule is O=S(=O)(Br)C1=CC=CC(S(=O)(=O)Br)O1. The molecule has 9 heteroatoms. The summed E-state index contributed by atoms with van der Waals surface area (Å²) in [5.74, 6) is 0. The first-order valence-corrected chi connectivity index (χ1v) is 9.86. The molecule has 0 spiro atoms. The first-order valence-electron chi connectivity index (χ1n) is 3.14. The Balaban J connectivity index is 3.03. The Morgan fingerprint density at radius 2 is 1.79 bits per heavy atom. The number of allylic oxidation sites excluding steroid dienone is 2. The van der Waals surface area contributed by atoms with Crippen LogP contribution in [0.3, 0.4) is 0 Å². The van der Waals surface area contributed by atoms with Crippen molar-refractivity contribution >= 4 is 46.2 Å². The Morgan fingerprint density at radius 1 is 1.21 bits per heavy atom. The van der Waals surface area contributed by atoms with Crippen LogP contribution in [0, 0.1) is 0 Å². The molecule has 1 rings (SSSR count). The largest absolute Gasteiger partial charge is 0.457 e. The van der Waals surface area contributed by atoms with Crippen LogP contribution < -0.4 is 0 Å². The van der Waals surface area contributed by atoms with Gasteiger partial charge in [0.1, 0.15) is 0 Å². The highest BCUT2D eigenvalue weighted by Crippen LogP contribution is 2.25. The molecule has 0 fully saturated rings. The minimum Gasteiger partial charge on any atom is -0.457 e. The minimum absolute atomic E-state index is 0.437. The molecule has 1 aliphatic heterocycles. The van der Waals surface area contributed by atoms with Gasteiger partial charge >= 0.3 is 0 Å². The molecule has 1 atom stereocenters. The van der Waals surface area contributed by atoms with Crippen LogP contribution >= 0.6 is 29.6 Å². The van der Waals surface area contributed by atoms with Gasteiger partial charge in [0, 0.05) is 0 Å². The molecule has 0 amide bonds. The molecule has 0 saturated carbocycles. The molecule has 0 saturated heterocycles. The maximum Gasteiger partial charge on any atom is 0.269 e. The number of ether oxygens (including phenoxy) is 1. The van der Waals surface area contributed by atoms with Gasteiger partial charge in [-0.15, -0.1) is 0 Å². The Labute approximate surface area is 96.1 Å². The summed E-state index contributed by atoms with van der Waals surface area (Å²) in [7, 11) is -7.35. The van der Waals surface area contributed by atoms with Gasteiger partial charge in [-0.1, -0.05) is 6.08 Å². The van der Waals surface area contributed by atoms with E-state index in [2.05, 4.69) is 29.6 Å². The van der Waals surface area contributed by atoms with Crippen LogP contribution in [-0.2, 0) is 21.3 Å².